The summed E-state index contributed by atoms with van der Waals surface area (Å²) in [4.78, 5) is 26.2. The van der Waals surface area contributed by atoms with Crippen LogP contribution in [-0.2, 0) is 11.2 Å². The largest absolute Gasteiger partial charge is 0.481 e. The van der Waals surface area contributed by atoms with E-state index in [1.54, 1.807) is 48.7 Å². The number of rotatable bonds is 4. The first-order valence-electron chi connectivity index (χ1n) is 5.93. The van der Waals surface area contributed by atoms with Gasteiger partial charge in [-0.3, -0.25) is 10.1 Å². The minimum absolute atomic E-state index is 0.0413. The third-order valence-corrected chi connectivity index (χ3v) is 2.47. The second-order valence-electron chi connectivity index (χ2n) is 4.06. The van der Waals surface area contributed by atoms with E-state index in [0.29, 0.717) is 17.1 Å². The highest BCUT2D eigenvalue weighted by atomic mass is 16.4. The van der Waals surface area contributed by atoms with Gasteiger partial charge >= 0.3 is 12.0 Å². The summed E-state index contributed by atoms with van der Waals surface area (Å²) in [6.07, 6.45) is 1.54. The minimum atomic E-state index is -0.890. The molecule has 0 radical (unpaired) electrons. The number of aromatic nitrogens is 1. The Morgan fingerprint density at radius 2 is 1.80 bits per heavy atom. The lowest BCUT2D eigenvalue weighted by Crippen LogP contribution is -2.19. The molecule has 2 amide bonds. The average Bonchev–Trinajstić information content (AvgIpc) is 2.41. The average molecular weight is 271 g/mol. The van der Waals surface area contributed by atoms with Gasteiger partial charge < -0.3 is 10.4 Å². The molecule has 1 aromatic carbocycles. The normalized spacial score (nSPS) is 9.80. The lowest BCUT2D eigenvalue weighted by molar-refractivity contribution is -0.136. The molecular formula is C14H13N3O3. The number of urea groups is 1. The number of hydrogen-bond acceptors (Lipinski definition) is 3. The summed E-state index contributed by atoms with van der Waals surface area (Å²) in [5, 5.41) is 13.9. The standard InChI is InChI=1S/C14H13N3O3/c18-13(19)9-10-4-6-11(7-5-10)16-14(20)17-12-3-1-2-8-15-12/h1-8H,9H2,(H,18,19)(H2,15,16,17,20). The smallest absolute Gasteiger partial charge is 0.324 e. The molecule has 0 saturated carbocycles. The predicted octanol–water partition coefficient (Wildman–Crippen LogP) is 2.35. The van der Waals surface area contributed by atoms with E-state index in [1.165, 1.54) is 0 Å². The number of carboxylic acid groups (broad SMARTS) is 1. The van der Waals surface area contributed by atoms with Crippen LogP contribution in [0.2, 0.25) is 0 Å². The maximum absolute atomic E-state index is 11.7. The molecule has 0 bridgehead atoms. The summed E-state index contributed by atoms with van der Waals surface area (Å²) in [5.41, 5.74) is 1.25. The van der Waals surface area contributed by atoms with Crippen LogP contribution in [0.5, 0.6) is 0 Å². The molecule has 0 atom stereocenters. The summed E-state index contributed by atoms with van der Waals surface area (Å²) >= 11 is 0. The number of carbonyl (C=O) groups is 2. The van der Waals surface area contributed by atoms with Gasteiger partial charge in [0.05, 0.1) is 6.42 Å². The van der Waals surface area contributed by atoms with E-state index in [1.807, 2.05) is 0 Å². The number of carboxylic acids is 1. The van der Waals surface area contributed by atoms with Gasteiger partial charge in [-0.2, -0.15) is 0 Å². The number of pyridine rings is 1. The monoisotopic (exact) mass is 271 g/mol. The maximum atomic E-state index is 11.7. The van der Waals surface area contributed by atoms with Gasteiger partial charge in [0.15, 0.2) is 0 Å². The molecule has 0 unspecified atom stereocenters. The van der Waals surface area contributed by atoms with Crippen LogP contribution in [0.4, 0.5) is 16.3 Å². The van der Waals surface area contributed by atoms with Gasteiger partial charge in [0.1, 0.15) is 5.82 Å². The highest BCUT2D eigenvalue weighted by Gasteiger charge is 2.04. The van der Waals surface area contributed by atoms with E-state index in [4.69, 9.17) is 5.11 Å². The third-order valence-electron chi connectivity index (χ3n) is 2.47. The Morgan fingerprint density at radius 1 is 1.05 bits per heavy atom. The molecule has 20 heavy (non-hydrogen) atoms. The van der Waals surface area contributed by atoms with Crippen LogP contribution in [0.25, 0.3) is 0 Å². The Morgan fingerprint density at radius 3 is 2.40 bits per heavy atom. The van der Waals surface area contributed by atoms with Gasteiger partial charge in [-0.15, -0.1) is 0 Å². The summed E-state index contributed by atoms with van der Waals surface area (Å²) in [7, 11) is 0. The summed E-state index contributed by atoms with van der Waals surface area (Å²) < 4.78 is 0. The fraction of sp³-hybridized carbons (Fsp3) is 0.0714. The molecule has 102 valence electrons. The van der Waals surface area contributed by atoms with Crippen molar-refractivity contribution in [2.24, 2.45) is 0 Å². The van der Waals surface area contributed by atoms with Crippen molar-refractivity contribution < 1.29 is 14.7 Å². The summed E-state index contributed by atoms with van der Waals surface area (Å²) in [6, 6.07) is 11.4. The van der Waals surface area contributed by atoms with Crippen molar-refractivity contribution in [1.82, 2.24) is 4.98 Å². The van der Waals surface area contributed by atoms with Crippen molar-refractivity contribution >= 4 is 23.5 Å². The van der Waals surface area contributed by atoms with Crippen molar-refractivity contribution in [1.29, 1.82) is 0 Å². The zero-order chi connectivity index (χ0) is 14.4. The van der Waals surface area contributed by atoms with Crippen molar-refractivity contribution in [2.75, 3.05) is 10.6 Å². The van der Waals surface area contributed by atoms with Crippen molar-refractivity contribution in [3.63, 3.8) is 0 Å². The minimum Gasteiger partial charge on any atom is -0.481 e. The van der Waals surface area contributed by atoms with E-state index in [-0.39, 0.29) is 6.42 Å². The maximum Gasteiger partial charge on any atom is 0.324 e. The Kier molecular flexibility index (Phi) is 4.28. The van der Waals surface area contributed by atoms with E-state index >= 15 is 0 Å². The predicted molar refractivity (Wildman–Crippen MR) is 74.7 cm³/mol. The summed E-state index contributed by atoms with van der Waals surface area (Å²) in [5.74, 6) is -0.439. The SMILES string of the molecule is O=C(O)Cc1ccc(NC(=O)Nc2ccccn2)cc1. The van der Waals surface area contributed by atoms with Gasteiger partial charge in [0, 0.05) is 11.9 Å². The quantitative estimate of drug-likeness (QED) is 0.796. The number of aliphatic carboxylic acids is 1. The van der Waals surface area contributed by atoms with Crippen LogP contribution in [-0.4, -0.2) is 22.1 Å². The Bertz CT molecular complexity index is 597. The molecule has 0 spiro atoms. The second-order valence-corrected chi connectivity index (χ2v) is 4.06. The number of carbonyl (C=O) groups excluding carboxylic acids is 1. The zero-order valence-corrected chi connectivity index (χ0v) is 10.5. The van der Waals surface area contributed by atoms with E-state index in [9.17, 15) is 9.59 Å². The van der Waals surface area contributed by atoms with Crippen molar-refractivity contribution in [2.45, 2.75) is 6.42 Å². The van der Waals surface area contributed by atoms with Crippen molar-refractivity contribution in [3.8, 4) is 0 Å². The molecule has 0 fully saturated rings. The number of benzene rings is 1. The van der Waals surface area contributed by atoms with Gasteiger partial charge in [-0.1, -0.05) is 18.2 Å². The highest BCUT2D eigenvalue weighted by Crippen LogP contribution is 2.11. The highest BCUT2D eigenvalue weighted by molar-refractivity contribution is 5.99. The Hall–Kier alpha value is -2.89. The first-order valence-corrected chi connectivity index (χ1v) is 5.93. The molecule has 2 rings (SSSR count). The molecular weight excluding hydrogens is 258 g/mol. The van der Waals surface area contributed by atoms with Crippen LogP contribution in [0.15, 0.2) is 48.7 Å². The topological polar surface area (TPSA) is 91.3 Å². The molecule has 1 heterocycles. The van der Waals surface area contributed by atoms with E-state index in [0.717, 1.165) is 0 Å². The number of nitrogens with one attached hydrogen (secondary N) is 2. The molecule has 1 aromatic heterocycles. The molecule has 2 aromatic rings. The van der Waals surface area contributed by atoms with Crippen LogP contribution >= 0.6 is 0 Å². The van der Waals surface area contributed by atoms with Gasteiger partial charge in [-0.05, 0) is 29.8 Å². The third kappa shape index (κ3) is 4.09. The molecule has 0 aliphatic rings. The molecule has 6 nitrogen and oxygen atoms in total. The molecule has 0 aliphatic carbocycles. The second kappa shape index (κ2) is 6.33. The first kappa shape index (κ1) is 13.5. The number of nitrogens with zero attached hydrogens (tertiary/aromatic N) is 1. The van der Waals surface area contributed by atoms with Gasteiger partial charge in [0.25, 0.3) is 0 Å². The molecule has 0 saturated heterocycles. The Balaban J connectivity index is 1.93. The van der Waals surface area contributed by atoms with Crippen LogP contribution in [0.1, 0.15) is 5.56 Å². The fourth-order valence-electron chi connectivity index (χ4n) is 1.60. The molecule has 6 heteroatoms. The Labute approximate surface area is 115 Å². The van der Waals surface area contributed by atoms with E-state index in [2.05, 4.69) is 15.6 Å². The van der Waals surface area contributed by atoms with Crippen molar-refractivity contribution in [3.05, 3.63) is 54.2 Å². The van der Waals surface area contributed by atoms with Crippen LogP contribution in [0, 0.1) is 0 Å². The number of hydrogen-bond donors (Lipinski definition) is 3. The summed E-state index contributed by atoms with van der Waals surface area (Å²) in [6.45, 7) is 0. The lowest BCUT2D eigenvalue weighted by atomic mass is 10.1. The van der Waals surface area contributed by atoms with Gasteiger partial charge in [0.2, 0.25) is 0 Å². The van der Waals surface area contributed by atoms with Crippen LogP contribution < -0.4 is 10.6 Å². The molecule has 3 N–H and O–H groups in total. The zero-order valence-electron chi connectivity index (χ0n) is 10.5. The van der Waals surface area contributed by atoms with Crippen LogP contribution in [0.3, 0.4) is 0 Å². The number of amides is 2. The molecule has 0 aliphatic heterocycles. The lowest BCUT2D eigenvalue weighted by Gasteiger charge is -2.07. The van der Waals surface area contributed by atoms with E-state index < -0.39 is 12.0 Å². The number of anilines is 2. The fourth-order valence-corrected chi connectivity index (χ4v) is 1.60. The van der Waals surface area contributed by atoms with Gasteiger partial charge in [-0.25, -0.2) is 9.78 Å². The first-order chi connectivity index (χ1) is 9.63.